The summed E-state index contributed by atoms with van der Waals surface area (Å²) in [5, 5.41) is 9.70. The number of aromatic nitrogens is 3. The number of anilines is 2. The van der Waals surface area contributed by atoms with Gasteiger partial charge in [0.1, 0.15) is 0 Å². The standard InChI is InChI=1S/C18H23N5OS/c1-21(14-7-3-2-4-8-14)16(24)13-25-18-20-19-17(22-11-5-6-12-22)23(18)15-9-10-15/h2-4,7-8,15H,5-6,9-13H2,1H3. The highest BCUT2D eigenvalue weighted by Crippen LogP contribution is 2.41. The zero-order valence-electron chi connectivity index (χ0n) is 14.5. The van der Waals surface area contributed by atoms with Crippen LogP contribution in [0.5, 0.6) is 0 Å². The Hall–Kier alpha value is -2.02. The molecule has 0 unspecified atom stereocenters. The summed E-state index contributed by atoms with van der Waals surface area (Å²) in [5.74, 6) is 1.44. The van der Waals surface area contributed by atoms with E-state index < -0.39 is 0 Å². The van der Waals surface area contributed by atoms with Crippen LogP contribution in [0.4, 0.5) is 11.6 Å². The molecule has 2 aromatic rings. The summed E-state index contributed by atoms with van der Waals surface area (Å²) in [6.45, 7) is 2.12. The van der Waals surface area contributed by atoms with E-state index in [1.807, 2.05) is 37.4 Å². The SMILES string of the molecule is CN(C(=O)CSc1nnc(N2CCCC2)n1C1CC1)c1ccccc1. The Bertz CT molecular complexity index is 737. The number of thioether (sulfide) groups is 1. The summed E-state index contributed by atoms with van der Waals surface area (Å²) in [5.41, 5.74) is 0.912. The van der Waals surface area contributed by atoms with Crippen molar-refractivity contribution in [3.63, 3.8) is 0 Å². The van der Waals surface area contributed by atoms with E-state index in [1.54, 1.807) is 4.90 Å². The number of hydrogen-bond acceptors (Lipinski definition) is 5. The Morgan fingerprint density at radius 1 is 1.20 bits per heavy atom. The van der Waals surface area contributed by atoms with Crippen molar-refractivity contribution in [3.05, 3.63) is 30.3 Å². The summed E-state index contributed by atoms with van der Waals surface area (Å²) < 4.78 is 2.26. The van der Waals surface area contributed by atoms with Gasteiger partial charge in [-0.15, -0.1) is 10.2 Å². The van der Waals surface area contributed by atoms with Crippen LogP contribution in [0.1, 0.15) is 31.7 Å². The van der Waals surface area contributed by atoms with E-state index in [1.165, 1.54) is 37.4 Å². The molecule has 0 atom stereocenters. The summed E-state index contributed by atoms with van der Waals surface area (Å²) in [4.78, 5) is 16.5. The molecule has 0 N–H and O–H groups in total. The molecular weight excluding hydrogens is 334 g/mol. The number of benzene rings is 1. The van der Waals surface area contributed by atoms with Crippen LogP contribution < -0.4 is 9.80 Å². The maximum absolute atomic E-state index is 12.5. The van der Waals surface area contributed by atoms with Crippen molar-refractivity contribution in [2.75, 3.05) is 35.7 Å². The predicted octanol–water partition coefficient (Wildman–Crippen LogP) is 2.97. The maximum atomic E-state index is 12.5. The third-order valence-corrected chi connectivity index (χ3v) is 5.72. The molecule has 1 aromatic heterocycles. The zero-order chi connectivity index (χ0) is 17.2. The van der Waals surface area contributed by atoms with Crippen LogP contribution in [0.15, 0.2) is 35.5 Å². The Morgan fingerprint density at radius 2 is 1.92 bits per heavy atom. The zero-order valence-corrected chi connectivity index (χ0v) is 15.3. The monoisotopic (exact) mass is 357 g/mol. The molecule has 0 spiro atoms. The maximum Gasteiger partial charge on any atom is 0.237 e. The molecule has 1 aliphatic heterocycles. The average molecular weight is 357 g/mol. The van der Waals surface area contributed by atoms with E-state index in [4.69, 9.17) is 0 Å². The summed E-state index contributed by atoms with van der Waals surface area (Å²) in [6.07, 6.45) is 4.81. The third-order valence-electron chi connectivity index (χ3n) is 4.79. The Kier molecular flexibility index (Phi) is 4.65. The predicted molar refractivity (Wildman–Crippen MR) is 100 cm³/mol. The molecule has 7 heteroatoms. The van der Waals surface area contributed by atoms with E-state index in [0.717, 1.165) is 29.9 Å². The van der Waals surface area contributed by atoms with Crippen LogP contribution in [0, 0.1) is 0 Å². The molecule has 1 saturated carbocycles. The third kappa shape index (κ3) is 3.51. The summed E-state index contributed by atoms with van der Waals surface area (Å²) in [7, 11) is 1.82. The molecule has 25 heavy (non-hydrogen) atoms. The first-order valence-corrected chi connectivity index (χ1v) is 9.87. The molecule has 6 nitrogen and oxygen atoms in total. The van der Waals surface area contributed by atoms with Gasteiger partial charge in [0, 0.05) is 31.9 Å². The Labute approximate surface area is 152 Å². The topological polar surface area (TPSA) is 54.3 Å². The highest BCUT2D eigenvalue weighted by atomic mass is 32.2. The van der Waals surface area contributed by atoms with Gasteiger partial charge >= 0.3 is 0 Å². The lowest BCUT2D eigenvalue weighted by molar-refractivity contribution is -0.115. The van der Waals surface area contributed by atoms with E-state index in [-0.39, 0.29) is 5.91 Å². The van der Waals surface area contributed by atoms with Crippen molar-refractivity contribution >= 4 is 29.3 Å². The number of hydrogen-bond donors (Lipinski definition) is 0. The molecule has 0 radical (unpaired) electrons. The van der Waals surface area contributed by atoms with Gasteiger partial charge in [-0.25, -0.2) is 0 Å². The summed E-state index contributed by atoms with van der Waals surface area (Å²) in [6, 6.07) is 10.2. The van der Waals surface area contributed by atoms with Gasteiger partial charge in [-0.1, -0.05) is 30.0 Å². The van der Waals surface area contributed by atoms with Gasteiger partial charge in [-0.3, -0.25) is 9.36 Å². The van der Waals surface area contributed by atoms with Crippen LogP contribution in [0.2, 0.25) is 0 Å². The fraction of sp³-hybridized carbons (Fsp3) is 0.500. The molecule has 1 saturated heterocycles. The van der Waals surface area contributed by atoms with Crippen LogP contribution in [-0.4, -0.2) is 46.6 Å². The molecular formula is C18H23N5OS. The van der Waals surface area contributed by atoms with Crippen molar-refractivity contribution in [2.24, 2.45) is 0 Å². The highest BCUT2D eigenvalue weighted by molar-refractivity contribution is 7.99. The fourth-order valence-corrected chi connectivity index (χ4v) is 4.09. The minimum atomic E-state index is 0.0734. The second kappa shape index (κ2) is 7.07. The molecule has 2 fully saturated rings. The van der Waals surface area contributed by atoms with Gasteiger partial charge in [0.25, 0.3) is 0 Å². The van der Waals surface area contributed by atoms with Gasteiger partial charge in [0.05, 0.1) is 5.75 Å². The number of rotatable bonds is 6. The second-order valence-corrected chi connectivity index (χ2v) is 7.60. The molecule has 132 valence electrons. The first-order chi connectivity index (χ1) is 12.2. The number of carbonyl (C=O) groups is 1. The van der Waals surface area contributed by atoms with Crippen molar-refractivity contribution in [1.82, 2.24) is 14.8 Å². The quantitative estimate of drug-likeness (QED) is 0.744. The van der Waals surface area contributed by atoms with E-state index in [2.05, 4.69) is 19.7 Å². The van der Waals surface area contributed by atoms with Crippen LogP contribution >= 0.6 is 11.8 Å². The molecule has 0 bridgehead atoms. The molecule has 1 aromatic carbocycles. The van der Waals surface area contributed by atoms with Crippen molar-refractivity contribution in [3.8, 4) is 0 Å². The highest BCUT2D eigenvalue weighted by Gasteiger charge is 2.32. The molecule has 1 amide bonds. The molecule has 1 aliphatic carbocycles. The fourth-order valence-electron chi connectivity index (χ4n) is 3.17. The average Bonchev–Trinajstić information content (AvgIpc) is 3.18. The first-order valence-electron chi connectivity index (χ1n) is 8.88. The van der Waals surface area contributed by atoms with Crippen LogP contribution in [0.25, 0.3) is 0 Å². The van der Waals surface area contributed by atoms with Crippen molar-refractivity contribution in [1.29, 1.82) is 0 Å². The number of nitrogens with zero attached hydrogens (tertiary/aromatic N) is 5. The second-order valence-electron chi connectivity index (χ2n) is 6.65. The van der Waals surface area contributed by atoms with Crippen molar-refractivity contribution < 1.29 is 4.79 Å². The first kappa shape index (κ1) is 16.4. The van der Waals surface area contributed by atoms with E-state index in [9.17, 15) is 4.79 Å². The lowest BCUT2D eigenvalue weighted by Gasteiger charge is -2.19. The molecule has 4 rings (SSSR count). The van der Waals surface area contributed by atoms with Gasteiger partial charge in [0.15, 0.2) is 5.16 Å². The minimum Gasteiger partial charge on any atom is -0.341 e. The smallest absolute Gasteiger partial charge is 0.237 e. The van der Waals surface area contributed by atoms with E-state index in [0.29, 0.717) is 11.8 Å². The Morgan fingerprint density at radius 3 is 2.60 bits per heavy atom. The molecule has 2 aliphatic rings. The lowest BCUT2D eigenvalue weighted by Crippen LogP contribution is -2.28. The summed E-state index contributed by atoms with van der Waals surface area (Å²) >= 11 is 1.50. The number of para-hydroxylation sites is 1. The normalized spacial score (nSPS) is 17.1. The lowest BCUT2D eigenvalue weighted by atomic mass is 10.3. The van der Waals surface area contributed by atoms with Crippen molar-refractivity contribution in [2.45, 2.75) is 36.9 Å². The Balaban J connectivity index is 1.45. The number of amides is 1. The minimum absolute atomic E-state index is 0.0734. The van der Waals surface area contributed by atoms with Gasteiger partial charge in [-0.05, 0) is 37.8 Å². The van der Waals surface area contributed by atoms with Crippen LogP contribution in [0.3, 0.4) is 0 Å². The number of carbonyl (C=O) groups excluding carboxylic acids is 1. The molecule has 2 heterocycles. The largest absolute Gasteiger partial charge is 0.341 e. The van der Waals surface area contributed by atoms with E-state index >= 15 is 0 Å². The van der Waals surface area contributed by atoms with Crippen LogP contribution in [-0.2, 0) is 4.79 Å². The van der Waals surface area contributed by atoms with Gasteiger partial charge in [-0.2, -0.15) is 0 Å². The van der Waals surface area contributed by atoms with Gasteiger partial charge < -0.3 is 9.80 Å². The van der Waals surface area contributed by atoms with Gasteiger partial charge in [0.2, 0.25) is 11.9 Å².